The number of amides is 1. The zero-order valence-corrected chi connectivity index (χ0v) is 12.0. The van der Waals surface area contributed by atoms with Gasteiger partial charge >= 0.3 is 0 Å². The molecule has 0 aliphatic heterocycles. The number of aryl methyl sites for hydroxylation is 1. The topological polar surface area (TPSA) is 87.7 Å². The standard InChI is InChI=1S/C16H14N4O2/c1-10-5-12-6-13(20-14(12)8-18-10)16(22)19-9-15(21)11-3-2-4-17-7-11/h2-8,20H,9H2,1H3,(H,19,22). The van der Waals surface area contributed by atoms with Crippen molar-refractivity contribution >= 4 is 22.6 Å². The summed E-state index contributed by atoms with van der Waals surface area (Å²) in [6.45, 7) is 1.82. The third-order valence-corrected chi connectivity index (χ3v) is 3.28. The Balaban J connectivity index is 1.69. The molecule has 3 heterocycles. The van der Waals surface area contributed by atoms with Crippen LogP contribution in [0.1, 0.15) is 26.5 Å². The first-order chi connectivity index (χ1) is 10.6. The second kappa shape index (κ2) is 5.77. The molecule has 3 aromatic heterocycles. The van der Waals surface area contributed by atoms with E-state index in [9.17, 15) is 9.59 Å². The van der Waals surface area contributed by atoms with Crippen LogP contribution in [0.2, 0.25) is 0 Å². The number of nitrogens with one attached hydrogen (secondary N) is 2. The van der Waals surface area contributed by atoms with E-state index in [-0.39, 0.29) is 18.2 Å². The fourth-order valence-corrected chi connectivity index (χ4v) is 2.15. The minimum Gasteiger partial charge on any atom is -0.349 e. The molecular formula is C16H14N4O2. The van der Waals surface area contributed by atoms with Gasteiger partial charge < -0.3 is 10.3 Å². The summed E-state index contributed by atoms with van der Waals surface area (Å²) in [5.41, 5.74) is 2.54. The molecule has 0 fully saturated rings. The minimum absolute atomic E-state index is 0.0723. The normalized spacial score (nSPS) is 10.6. The van der Waals surface area contributed by atoms with Crippen molar-refractivity contribution in [1.29, 1.82) is 0 Å². The molecule has 0 bridgehead atoms. The van der Waals surface area contributed by atoms with Crippen molar-refractivity contribution in [3.63, 3.8) is 0 Å². The molecule has 0 aliphatic rings. The molecule has 0 spiro atoms. The average molecular weight is 294 g/mol. The molecular weight excluding hydrogens is 280 g/mol. The summed E-state index contributed by atoms with van der Waals surface area (Å²) in [6.07, 6.45) is 4.75. The molecule has 0 aliphatic carbocycles. The molecule has 6 nitrogen and oxygen atoms in total. The van der Waals surface area contributed by atoms with E-state index in [2.05, 4.69) is 20.3 Å². The Labute approximate surface area is 126 Å². The van der Waals surface area contributed by atoms with Crippen LogP contribution >= 0.6 is 0 Å². The second-order valence-electron chi connectivity index (χ2n) is 4.94. The fraction of sp³-hybridized carbons (Fsp3) is 0.125. The van der Waals surface area contributed by atoms with Gasteiger partial charge in [0.15, 0.2) is 5.78 Å². The van der Waals surface area contributed by atoms with Gasteiger partial charge in [-0.2, -0.15) is 0 Å². The van der Waals surface area contributed by atoms with Crippen LogP contribution in [0, 0.1) is 6.92 Å². The minimum atomic E-state index is -0.328. The summed E-state index contributed by atoms with van der Waals surface area (Å²) < 4.78 is 0. The number of nitrogens with zero attached hydrogens (tertiary/aromatic N) is 2. The number of hydrogen-bond acceptors (Lipinski definition) is 4. The van der Waals surface area contributed by atoms with Gasteiger partial charge in [0, 0.05) is 29.0 Å². The van der Waals surface area contributed by atoms with Crippen molar-refractivity contribution in [1.82, 2.24) is 20.3 Å². The van der Waals surface area contributed by atoms with Crippen LogP contribution in [-0.4, -0.2) is 33.2 Å². The zero-order valence-electron chi connectivity index (χ0n) is 12.0. The predicted octanol–water partition coefficient (Wildman–Crippen LogP) is 1.88. The Morgan fingerprint density at radius 1 is 1.27 bits per heavy atom. The van der Waals surface area contributed by atoms with E-state index in [4.69, 9.17) is 0 Å². The first kappa shape index (κ1) is 13.9. The van der Waals surface area contributed by atoms with Gasteiger partial charge in [0.25, 0.3) is 5.91 Å². The fourth-order valence-electron chi connectivity index (χ4n) is 2.15. The summed E-state index contributed by atoms with van der Waals surface area (Å²) in [5, 5.41) is 3.52. The van der Waals surface area contributed by atoms with Crippen LogP contribution in [-0.2, 0) is 0 Å². The molecule has 110 valence electrons. The van der Waals surface area contributed by atoms with Crippen molar-refractivity contribution in [2.45, 2.75) is 6.92 Å². The molecule has 0 aromatic carbocycles. The number of carbonyl (C=O) groups excluding carboxylic acids is 2. The average Bonchev–Trinajstić information content (AvgIpc) is 2.96. The third kappa shape index (κ3) is 2.85. The van der Waals surface area contributed by atoms with Crippen molar-refractivity contribution in [2.75, 3.05) is 6.54 Å². The number of ketones is 1. The summed E-state index contributed by atoms with van der Waals surface area (Å²) >= 11 is 0. The Kier molecular flexibility index (Phi) is 3.65. The quantitative estimate of drug-likeness (QED) is 0.719. The maximum absolute atomic E-state index is 12.1. The summed E-state index contributed by atoms with van der Waals surface area (Å²) in [5.74, 6) is -0.513. The van der Waals surface area contributed by atoms with Gasteiger partial charge in [-0.25, -0.2) is 0 Å². The number of aromatic amines is 1. The smallest absolute Gasteiger partial charge is 0.268 e. The molecule has 0 saturated carbocycles. The van der Waals surface area contributed by atoms with E-state index in [0.29, 0.717) is 11.3 Å². The first-order valence-electron chi connectivity index (χ1n) is 6.80. The lowest BCUT2D eigenvalue weighted by Crippen LogP contribution is -2.29. The Morgan fingerprint density at radius 2 is 2.14 bits per heavy atom. The zero-order chi connectivity index (χ0) is 15.5. The Morgan fingerprint density at radius 3 is 2.91 bits per heavy atom. The van der Waals surface area contributed by atoms with Gasteiger partial charge in [-0.15, -0.1) is 0 Å². The predicted molar refractivity (Wildman–Crippen MR) is 81.7 cm³/mol. The summed E-state index contributed by atoms with van der Waals surface area (Å²) in [4.78, 5) is 35.1. The number of pyridine rings is 2. The Hall–Kier alpha value is -3.02. The number of rotatable bonds is 4. The number of H-pyrrole nitrogens is 1. The van der Waals surface area contributed by atoms with Crippen molar-refractivity contribution < 1.29 is 9.59 Å². The lowest BCUT2D eigenvalue weighted by atomic mass is 10.2. The van der Waals surface area contributed by atoms with E-state index >= 15 is 0 Å². The lowest BCUT2D eigenvalue weighted by molar-refractivity contribution is 0.0901. The summed E-state index contributed by atoms with van der Waals surface area (Å²) in [7, 11) is 0. The highest BCUT2D eigenvalue weighted by molar-refractivity contribution is 6.03. The molecule has 1 amide bonds. The maximum atomic E-state index is 12.1. The van der Waals surface area contributed by atoms with Crippen LogP contribution < -0.4 is 5.32 Å². The lowest BCUT2D eigenvalue weighted by Gasteiger charge is -2.02. The van der Waals surface area contributed by atoms with Crippen LogP contribution in [0.15, 0.2) is 42.9 Å². The van der Waals surface area contributed by atoms with E-state index in [1.54, 1.807) is 30.6 Å². The molecule has 2 N–H and O–H groups in total. The molecule has 6 heteroatoms. The highest BCUT2D eigenvalue weighted by atomic mass is 16.2. The van der Waals surface area contributed by atoms with Crippen molar-refractivity contribution in [3.05, 3.63) is 59.8 Å². The first-order valence-corrected chi connectivity index (χ1v) is 6.80. The van der Waals surface area contributed by atoms with Gasteiger partial charge in [-0.05, 0) is 31.2 Å². The molecule has 0 unspecified atom stereocenters. The van der Waals surface area contributed by atoms with Crippen LogP contribution in [0.4, 0.5) is 0 Å². The second-order valence-corrected chi connectivity index (χ2v) is 4.94. The molecule has 22 heavy (non-hydrogen) atoms. The van der Waals surface area contributed by atoms with E-state index < -0.39 is 0 Å². The van der Waals surface area contributed by atoms with Gasteiger partial charge in [0.2, 0.25) is 0 Å². The number of hydrogen-bond donors (Lipinski definition) is 2. The van der Waals surface area contributed by atoms with Gasteiger partial charge in [0.1, 0.15) is 5.69 Å². The van der Waals surface area contributed by atoms with Crippen molar-refractivity contribution in [2.24, 2.45) is 0 Å². The van der Waals surface area contributed by atoms with Crippen LogP contribution in [0.5, 0.6) is 0 Å². The highest BCUT2D eigenvalue weighted by Crippen LogP contribution is 2.15. The maximum Gasteiger partial charge on any atom is 0.268 e. The highest BCUT2D eigenvalue weighted by Gasteiger charge is 2.12. The molecule has 0 saturated heterocycles. The summed E-state index contributed by atoms with van der Waals surface area (Å²) in [6, 6.07) is 6.98. The van der Waals surface area contributed by atoms with E-state index in [1.807, 2.05) is 13.0 Å². The van der Waals surface area contributed by atoms with Crippen LogP contribution in [0.25, 0.3) is 10.9 Å². The third-order valence-electron chi connectivity index (χ3n) is 3.28. The largest absolute Gasteiger partial charge is 0.349 e. The van der Waals surface area contributed by atoms with Crippen molar-refractivity contribution in [3.8, 4) is 0 Å². The molecule has 0 radical (unpaired) electrons. The SMILES string of the molecule is Cc1cc2cc(C(=O)NCC(=O)c3cccnc3)[nH]c2cn1. The number of aromatic nitrogens is 3. The number of carbonyl (C=O) groups is 2. The van der Waals surface area contributed by atoms with Gasteiger partial charge in [0.05, 0.1) is 18.3 Å². The van der Waals surface area contributed by atoms with E-state index in [0.717, 1.165) is 16.6 Å². The molecule has 3 aromatic rings. The molecule has 3 rings (SSSR count). The van der Waals surface area contributed by atoms with Gasteiger partial charge in [-0.3, -0.25) is 19.6 Å². The number of Topliss-reactive ketones (excluding diaryl/α,β-unsaturated/α-hetero) is 1. The van der Waals surface area contributed by atoms with Crippen LogP contribution in [0.3, 0.4) is 0 Å². The monoisotopic (exact) mass is 294 g/mol. The molecule has 0 atom stereocenters. The van der Waals surface area contributed by atoms with Gasteiger partial charge in [-0.1, -0.05) is 0 Å². The Bertz CT molecular complexity index is 840. The number of fused-ring (bicyclic) bond motifs is 1. The van der Waals surface area contributed by atoms with E-state index in [1.165, 1.54) is 6.20 Å².